The van der Waals surface area contributed by atoms with Gasteiger partial charge < -0.3 is 9.88 Å². The maximum absolute atomic E-state index is 14.6. The summed E-state index contributed by atoms with van der Waals surface area (Å²) in [5, 5.41) is 2.77. The van der Waals surface area contributed by atoms with Crippen LogP contribution in [-0.2, 0) is 28.1 Å². The number of hydrogen-bond donors (Lipinski definition) is 1. The van der Waals surface area contributed by atoms with Gasteiger partial charge >= 0.3 is 0 Å². The van der Waals surface area contributed by atoms with Crippen LogP contribution in [0.3, 0.4) is 0 Å². The van der Waals surface area contributed by atoms with Gasteiger partial charge in [-0.2, -0.15) is 0 Å². The van der Waals surface area contributed by atoms with Crippen LogP contribution in [0.25, 0.3) is 11.3 Å². The van der Waals surface area contributed by atoms with Gasteiger partial charge in [-0.3, -0.25) is 14.5 Å². The Labute approximate surface area is 221 Å². The number of carbonyl (C=O) groups excluding carboxylic acids is 2. The Morgan fingerprint density at radius 2 is 1.87 bits per heavy atom. The number of nitrogens with zero attached hydrogens (tertiary/aromatic N) is 5. The summed E-state index contributed by atoms with van der Waals surface area (Å²) >= 11 is 0. The fourth-order valence-corrected chi connectivity index (χ4v) is 5.78. The van der Waals surface area contributed by atoms with Crippen molar-refractivity contribution in [2.24, 2.45) is 0 Å². The third kappa shape index (κ3) is 4.21. The lowest BCUT2D eigenvalue weighted by molar-refractivity contribution is -0.137. The average Bonchev–Trinajstić information content (AvgIpc) is 3.42. The number of alkyl halides is 2. The molecule has 11 heteroatoms. The number of benzene rings is 2. The van der Waals surface area contributed by atoms with Crippen LogP contribution < -0.4 is 10.2 Å². The molecule has 2 amide bonds. The van der Waals surface area contributed by atoms with Crippen LogP contribution >= 0.6 is 0 Å². The second-order valence-electron chi connectivity index (χ2n) is 10.1. The average molecular weight is 535 g/mol. The topological polar surface area (TPSA) is 93.0 Å². The normalized spacial score (nSPS) is 19.9. The Balaban J connectivity index is 1.48. The van der Waals surface area contributed by atoms with E-state index in [0.717, 1.165) is 5.56 Å². The third-order valence-corrected chi connectivity index (χ3v) is 7.59. The zero-order valence-corrected chi connectivity index (χ0v) is 21.1. The Kier molecular flexibility index (Phi) is 5.89. The van der Waals surface area contributed by atoms with Crippen LogP contribution in [0.15, 0.2) is 60.9 Å². The molecule has 2 heterocycles. The molecule has 1 N–H and O–H groups in total. The maximum Gasteiger partial charge on any atom is 0.252 e. The number of aryl methyl sites for hydroxylation is 2. The van der Waals surface area contributed by atoms with E-state index in [1.54, 1.807) is 29.7 Å². The van der Waals surface area contributed by atoms with E-state index in [1.165, 1.54) is 35.5 Å². The van der Waals surface area contributed by atoms with Crippen LogP contribution in [0.2, 0.25) is 0 Å². The van der Waals surface area contributed by atoms with Crippen molar-refractivity contribution >= 4 is 28.8 Å². The van der Waals surface area contributed by atoms with Gasteiger partial charge in [-0.05, 0) is 49.1 Å². The molecule has 1 saturated carbocycles. The Hall–Kier alpha value is -4.28. The molecule has 1 atom stereocenters. The van der Waals surface area contributed by atoms with E-state index < -0.39 is 48.0 Å². The number of nitrogens with one attached hydrogen (secondary N) is 1. The first-order valence-electron chi connectivity index (χ1n) is 12.7. The van der Waals surface area contributed by atoms with E-state index in [0.29, 0.717) is 29.1 Å². The molecule has 2 aromatic carbocycles. The second kappa shape index (κ2) is 9.18. The first-order valence-corrected chi connectivity index (χ1v) is 12.7. The van der Waals surface area contributed by atoms with E-state index in [4.69, 9.17) is 0 Å². The molecule has 200 valence electrons. The van der Waals surface area contributed by atoms with Crippen molar-refractivity contribution in [1.82, 2.24) is 24.8 Å². The number of rotatable bonds is 6. The largest absolute Gasteiger partial charge is 0.351 e. The van der Waals surface area contributed by atoms with Crippen LogP contribution in [0.5, 0.6) is 0 Å². The van der Waals surface area contributed by atoms with E-state index in [9.17, 15) is 22.8 Å². The van der Waals surface area contributed by atoms with Crippen LogP contribution in [-0.4, -0.2) is 43.3 Å². The number of hydrogen-bond acceptors (Lipinski definition) is 5. The molecule has 0 spiro atoms. The molecule has 6 rings (SSSR count). The number of anilines is 1. The highest BCUT2D eigenvalue weighted by Gasteiger charge is 2.55. The van der Waals surface area contributed by atoms with Crippen molar-refractivity contribution in [1.29, 1.82) is 0 Å². The molecular formula is C28H25F3N6O2. The first kappa shape index (κ1) is 25.0. The quantitative estimate of drug-likeness (QED) is 0.403. The summed E-state index contributed by atoms with van der Waals surface area (Å²) in [6.07, 6.45) is 2.73. The summed E-state index contributed by atoms with van der Waals surface area (Å²) in [5.41, 5.74) is 0.796. The molecule has 4 aromatic rings. The monoisotopic (exact) mass is 534 g/mol. The molecule has 2 aliphatic rings. The summed E-state index contributed by atoms with van der Waals surface area (Å²) in [4.78, 5) is 42.7. The smallest absolute Gasteiger partial charge is 0.252 e. The first-order chi connectivity index (χ1) is 18.7. The van der Waals surface area contributed by atoms with Gasteiger partial charge in [0.15, 0.2) is 16.8 Å². The third-order valence-electron chi connectivity index (χ3n) is 7.59. The minimum Gasteiger partial charge on any atom is -0.351 e. The molecule has 39 heavy (non-hydrogen) atoms. The van der Waals surface area contributed by atoms with Gasteiger partial charge in [0, 0.05) is 37.0 Å². The summed E-state index contributed by atoms with van der Waals surface area (Å²) < 4.78 is 43.4. The lowest BCUT2D eigenvalue weighted by Gasteiger charge is -2.43. The minimum atomic E-state index is -2.84. The fraction of sp³-hybridized carbons (Fsp3) is 0.321. The summed E-state index contributed by atoms with van der Waals surface area (Å²) in [6.45, 7) is 1.46. The molecule has 0 bridgehead atoms. The summed E-state index contributed by atoms with van der Waals surface area (Å²) in [5.74, 6) is -4.01. The standard InChI is InChI=1S/C28H25F3N6O2/c1-17-34-24-25(33-12-11-32-24)36(17)16-23(38)37(21-7-4-6-19(29)13-21)28(10-9-18-5-2-3-8-22(18)28)26(39)35-20-14-27(30,31)15-20/h2-8,11-13,20H,9-10,14-16H2,1H3,(H,35,39). The number of amides is 2. The number of imidazole rings is 1. The van der Waals surface area contributed by atoms with E-state index >= 15 is 0 Å². The molecule has 8 nitrogen and oxygen atoms in total. The molecule has 0 radical (unpaired) electrons. The molecule has 2 aromatic heterocycles. The van der Waals surface area contributed by atoms with Crippen molar-refractivity contribution in [3.8, 4) is 0 Å². The molecule has 0 aliphatic heterocycles. The SMILES string of the molecule is Cc1nc2nccnc2n1CC(=O)N(c1cccc(F)c1)C1(C(=O)NC2CC(F)(F)C2)CCc2ccccc21. The molecular weight excluding hydrogens is 509 g/mol. The number of halogens is 3. The number of carbonyl (C=O) groups is 2. The molecule has 0 saturated heterocycles. The fourth-order valence-electron chi connectivity index (χ4n) is 5.78. The van der Waals surface area contributed by atoms with Crippen LogP contribution in [0.4, 0.5) is 18.9 Å². The highest BCUT2D eigenvalue weighted by molar-refractivity contribution is 6.05. The van der Waals surface area contributed by atoms with Gasteiger partial charge in [0.05, 0.1) is 0 Å². The minimum absolute atomic E-state index is 0.180. The lowest BCUT2D eigenvalue weighted by atomic mass is 9.84. The molecule has 1 unspecified atom stereocenters. The van der Waals surface area contributed by atoms with Crippen LogP contribution in [0.1, 0.15) is 36.2 Å². The number of fused-ring (bicyclic) bond motifs is 2. The van der Waals surface area contributed by atoms with Crippen molar-refractivity contribution < 1.29 is 22.8 Å². The number of aromatic nitrogens is 4. The van der Waals surface area contributed by atoms with Crippen molar-refractivity contribution in [2.75, 3.05) is 4.90 Å². The summed E-state index contributed by atoms with van der Waals surface area (Å²) in [6, 6.07) is 12.0. The van der Waals surface area contributed by atoms with Gasteiger partial charge in [-0.15, -0.1) is 0 Å². The predicted molar refractivity (Wildman–Crippen MR) is 136 cm³/mol. The summed E-state index contributed by atoms with van der Waals surface area (Å²) in [7, 11) is 0. The van der Waals surface area contributed by atoms with Crippen molar-refractivity contribution in [3.63, 3.8) is 0 Å². The van der Waals surface area contributed by atoms with Crippen molar-refractivity contribution in [3.05, 3.63) is 83.7 Å². The maximum atomic E-state index is 14.6. The Morgan fingerprint density at radius 1 is 1.10 bits per heavy atom. The van der Waals surface area contributed by atoms with E-state index in [-0.39, 0.29) is 18.7 Å². The van der Waals surface area contributed by atoms with Crippen molar-refractivity contribution in [2.45, 2.75) is 56.7 Å². The van der Waals surface area contributed by atoms with E-state index in [1.807, 2.05) is 12.1 Å². The van der Waals surface area contributed by atoms with Gasteiger partial charge in [0.25, 0.3) is 11.8 Å². The van der Waals surface area contributed by atoms with Gasteiger partial charge in [0.2, 0.25) is 5.91 Å². The highest BCUT2D eigenvalue weighted by Crippen LogP contribution is 2.46. The predicted octanol–water partition coefficient (Wildman–Crippen LogP) is 4.06. The van der Waals surface area contributed by atoms with E-state index in [2.05, 4.69) is 20.3 Å². The highest BCUT2D eigenvalue weighted by atomic mass is 19.3. The Bertz CT molecular complexity index is 1600. The van der Waals surface area contributed by atoms with Gasteiger partial charge in [0.1, 0.15) is 18.2 Å². The van der Waals surface area contributed by atoms with Gasteiger partial charge in [-0.25, -0.2) is 28.1 Å². The zero-order chi connectivity index (χ0) is 27.4. The zero-order valence-electron chi connectivity index (χ0n) is 21.1. The van der Waals surface area contributed by atoms with Crippen LogP contribution in [0, 0.1) is 12.7 Å². The second-order valence-corrected chi connectivity index (χ2v) is 10.1. The Morgan fingerprint density at radius 3 is 2.64 bits per heavy atom. The van der Waals surface area contributed by atoms with Gasteiger partial charge in [-0.1, -0.05) is 30.3 Å². The lowest BCUT2D eigenvalue weighted by Crippen LogP contribution is -2.62. The molecule has 2 aliphatic carbocycles. The molecule has 1 fully saturated rings.